The average molecular weight is 173 g/mol. The zero-order chi connectivity index (χ0) is 9.30. The van der Waals surface area contributed by atoms with E-state index in [-0.39, 0.29) is 24.4 Å². The van der Waals surface area contributed by atoms with E-state index in [4.69, 9.17) is 4.74 Å². The lowest BCUT2D eigenvalue weighted by atomic mass is 9.96. The Bertz CT molecular complexity index is 149. The molecule has 1 fully saturated rings. The highest BCUT2D eigenvalue weighted by atomic mass is 16.5. The standard InChI is InChI=1S/C9H19NO2/c1-6-5-8(10(3)4)9(11)7(2)12-6/h6-9,11H,5H2,1-4H3/t6?,7-,8?,9?/m0/s1. The van der Waals surface area contributed by atoms with Crippen LogP contribution in [0, 0.1) is 0 Å². The average Bonchev–Trinajstić information content (AvgIpc) is 1.96. The summed E-state index contributed by atoms with van der Waals surface area (Å²) in [6.07, 6.45) is 0.784. The molecule has 1 aliphatic heterocycles. The Morgan fingerprint density at radius 3 is 2.42 bits per heavy atom. The van der Waals surface area contributed by atoms with E-state index in [0.717, 1.165) is 6.42 Å². The Balaban J connectivity index is 2.60. The van der Waals surface area contributed by atoms with Gasteiger partial charge in [0.05, 0.1) is 18.3 Å². The first-order valence-corrected chi connectivity index (χ1v) is 4.52. The first-order chi connectivity index (χ1) is 5.52. The topological polar surface area (TPSA) is 32.7 Å². The third-order valence-electron chi connectivity index (χ3n) is 2.56. The maximum absolute atomic E-state index is 9.76. The highest BCUT2D eigenvalue weighted by molar-refractivity contribution is 4.86. The predicted molar refractivity (Wildman–Crippen MR) is 48.1 cm³/mol. The van der Waals surface area contributed by atoms with Gasteiger partial charge in [0, 0.05) is 6.04 Å². The van der Waals surface area contributed by atoms with Gasteiger partial charge in [0.25, 0.3) is 0 Å². The highest BCUT2D eigenvalue weighted by Gasteiger charge is 2.34. The maximum Gasteiger partial charge on any atom is 0.0954 e. The van der Waals surface area contributed by atoms with Crippen LogP contribution in [-0.2, 0) is 4.74 Å². The molecule has 0 bridgehead atoms. The number of aliphatic hydroxyl groups excluding tert-OH is 1. The number of aliphatic hydroxyl groups is 1. The summed E-state index contributed by atoms with van der Waals surface area (Å²) in [6, 6.07) is 0.240. The van der Waals surface area contributed by atoms with Gasteiger partial charge in [0.15, 0.2) is 0 Å². The molecular weight excluding hydrogens is 154 g/mol. The molecule has 1 N–H and O–H groups in total. The summed E-state index contributed by atoms with van der Waals surface area (Å²) >= 11 is 0. The van der Waals surface area contributed by atoms with Crippen LogP contribution in [-0.4, -0.2) is 48.5 Å². The fraction of sp³-hybridized carbons (Fsp3) is 1.00. The molecule has 1 rings (SSSR count). The minimum absolute atomic E-state index is 0.0406. The van der Waals surface area contributed by atoms with Crippen LogP contribution in [0.2, 0.25) is 0 Å². The van der Waals surface area contributed by atoms with Crippen molar-refractivity contribution in [2.75, 3.05) is 14.1 Å². The van der Waals surface area contributed by atoms with Crippen molar-refractivity contribution in [1.82, 2.24) is 4.90 Å². The molecule has 1 saturated heterocycles. The fourth-order valence-corrected chi connectivity index (χ4v) is 1.81. The van der Waals surface area contributed by atoms with Crippen LogP contribution in [0.15, 0.2) is 0 Å². The highest BCUT2D eigenvalue weighted by Crippen LogP contribution is 2.22. The molecule has 72 valence electrons. The van der Waals surface area contributed by atoms with Crippen molar-refractivity contribution >= 4 is 0 Å². The van der Waals surface area contributed by atoms with Gasteiger partial charge < -0.3 is 14.7 Å². The van der Waals surface area contributed by atoms with E-state index in [1.165, 1.54) is 0 Å². The summed E-state index contributed by atoms with van der Waals surface area (Å²) in [6.45, 7) is 3.98. The van der Waals surface area contributed by atoms with Crippen molar-refractivity contribution < 1.29 is 9.84 Å². The lowest BCUT2D eigenvalue weighted by Gasteiger charge is -2.40. The minimum Gasteiger partial charge on any atom is -0.389 e. The molecule has 0 aromatic rings. The van der Waals surface area contributed by atoms with Crippen LogP contribution in [0.3, 0.4) is 0 Å². The van der Waals surface area contributed by atoms with E-state index < -0.39 is 0 Å². The summed E-state index contributed by atoms with van der Waals surface area (Å²) in [5, 5.41) is 9.76. The second-order valence-electron chi connectivity index (χ2n) is 3.91. The number of nitrogens with zero attached hydrogens (tertiary/aromatic N) is 1. The summed E-state index contributed by atoms with van der Waals surface area (Å²) < 4.78 is 5.50. The molecule has 3 nitrogen and oxygen atoms in total. The number of hydrogen-bond donors (Lipinski definition) is 1. The molecular formula is C9H19NO2. The molecule has 12 heavy (non-hydrogen) atoms. The summed E-state index contributed by atoms with van der Waals surface area (Å²) in [7, 11) is 4.00. The van der Waals surface area contributed by atoms with Gasteiger partial charge >= 0.3 is 0 Å². The van der Waals surface area contributed by atoms with Gasteiger partial charge in [-0.2, -0.15) is 0 Å². The molecule has 0 radical (unpaired) electrons. The lowest BCUT2D eigenvalue weighted by Crippen LogP contribution is -2.52. The number of hydrogen-bond acceptors (Lipinski definition) is 3. The minimum atomic E-state index is -0.351. The zero-order valence-corrected chi connectivity index (χ0v) is 8.32. The largest absolute Gasteiger partial charge is 0.389 e. The summed E-state index contributed by atoms with van der Waals surface area (Å²) in [4.78, 5) is 2.07. The third kappa shape index (κ3) is 1.97. The normalized spacial score (nSPS) is 43.5. The van der Waals surface area contributed by atoms with E-state index in [1.54, 1.807) is 0 Å². The molecule has 4 atom stereocenters. The van der Waals surface area contributed by atoms with Gasteiger partial charge in [0.2, 0.25) is 0 Å². The number of ether oxygens (including phenoxy) is 1. The van der Waals surface area contributed by atoms with E-state index in [9.17, 15) is 5.11 Å². The zero-order valence-electron chi connectivity index (χ0n) is 8.32. The lowest BCUT2D eigenvalue weighted by molar-refractivity contribution is -0.134. The summed E-state index contributed by atoms with van der Waals surface area (Å²) in [5.74, 6) is 0. The fourth-order valence-electron chi connectivity index (χ4n) is 1.81. The summed E-state index contributed by atoms with van der Waals surface area (Å²) in [5.41, 5.74) is 0. The van der Waals surface area contributed by atoms with Crippen molar-refractivity contribution in [2.45, 2.75) is 44.6 Å². The van der Waals surface area contributed by atoms with Crippen molar-refractivity contribution in [3.63, 3.8) is 0 Å². The van der Waals surface area contributed by atoms with Gasteiger partial charge in [-0.15, -0.1) is 0 Å². The van der Waals surface area contributed by atoms with E-state index in [2.05, 4.69) is 11.8 Å². The Kier molecular flexibility index (Phi) is 3.09. The quantitative estimate of drug-likeness (QED) is 0.626. The second-order valence-corrected chi connectivity index (χ2v) is 3.91. The molecule has 0 aromatic heterocycles. The van der Waals surface area contributed by atoms with Crippen LogP contribution in [0.25, 0.3) is 0 Å². The number of likely N-dealkylation sites (N-methyl/N-ethyl adjacent to an activating group) is 1. The first-order valence-electron chi connectivity index (χ1n) is 4.52. The van der Waals surface area contributed by atoms with Gasteiger partial charge in [-0.3, -0.25) is 0 Å². The van der Waals surface area contributed by atoms with Crippen molar-refractivity contribution in [3.8, 4) is 0 Å². The Morgan fingerprint density at radius 1 is 1.33 bits per heavy atom. The molecule has 1 aliphatic rings. The van der Waals surface area contributed by atoms with E-state index in [1.807, 2.05) is 21.0 Å². The monoisotopic (exact) mass is 173 g/mol. The van der Waals surface area contributed by atoms with Gasteiger partial charge in [-0.25, -0.2) is 0 Å². The van der Waals surface area contributed by atoms with E-state index in [0.29, 0.717) is 0 Å². The molecule has 3 unspecified atom stereocenters. The molecule has 0 aromatic carbocycles. The Hall–Kier alpha value is -0.120. The SMILES string of the molecule is CC1CC(N(C)C)C(O)[C@H](C)O1. The van der Waals surface area contributed by atoms with Crippen LogP contribution < -0.4 is 0 Å². The van der Waals surface area contributed by atoms with Gasteiger partial charge in [0.1, 0.15) is 0 Å². The van der Waals surface area contributed by atoms with Crippen LogP contribution >= 0.6 is 0 Å². The molecule has 0 spiro atoms. The van der Waals surface area contributed by atoms with Gasteiger partial charge in [-0.05, 0) is 34.4 Å². The predicted octanol–water partition coefficient (Wildman–Crippen LogP) is 0.475. The molecule has 3 heteroatoms. The van der Waals surface area contributed by atoms with Gasteiger partial charge in [-0.1, -0.05) is 0 Å². The smallest absolute Gasteiger partial charge is 0.0954 e. The molecule has 0 amide bonds. The molecule has 0 aliphatic carbocycles. The third-order valence-corrected chi connectivity index (χ3v) is 2.56. The maximum atomic E-state index is 9.76. The molecule has 0 saturated carbocycles. The molecule has 1 heterocycles. The van der Waals surface area contributed by atoms with Crippen molar-refractivity contribution in [3.05, 3.63) is 0 Å². The van der Waals surface area contributed by atoms with Crippen molar-refractivity contribution in [1.29, 1.82) is 0 Å². The van der Waals surface area contributed by atoms with Crippen LogP contribution in [0.1, 0.15) is 20.3 Å². The van der Waals surface area contributed by atoms with Crippen molar-refractivity contribution in [2.24, 2.45) is 0 Å². The van der Waals surface area contributed by atoms with Crippen LogP contribution in [0.4, 0.5) is 0 Å². The first kappa shape index (κ1) is 9.96. The van der Waals surface area contributed by atoms with E-state index >= 15 is 0 Å². The van der Waals surface area contributed by atoms with Crippen LogP contribution in [0.5, 0.6) is 0 Å². The Morgan fingerprint density at radius 2 is 1.92 bits per heavy atom. The number of rotatable bonds is 1. The Labute approximate surface area is 74.3 Å². The second kappa shape index (κ2) is 3.73.